The molecular weight excluding hydrogens is 304 g/mol. The number of nitrogens with one attached hydrogen (secondary N) is 2. The van der Waals surface area contributed by atoms with Crippen molar-refractivity contribution in [1.82, 2.24) is 15.5 Å². The highest BCUT2D eigenvalue weighted by molar-refractivity contribution is 5.90. The third kappa shape index (κ3) is 3.91. The summed E-state index contributed by atoms with van der Waals surface area (Å²) in [6.07, 6.45) is 7.04. The molecule has 3 aliphatic rings. The molecule has 2 amide bonds. The zero-order valence-electron chi connectivity index (χ0n) is 14.8. The first-order valence-electron chi connectivity index (χ1n) is 9.63. The summed E-state index contributed by atoms with van der Waals surface area (Å²) in [5.74, 6) is 1.03. The fourth-order valence-corrected chi connectivity index (χ4v) is 4.40. The van der Waals surface area contributed by atoms with Crippen LogP contribution < -0.4 is 16.4 Å². The molecule has 0 aromatic rings. The Morgan fingerprint density at radius 2 is 1.92 bits per heavy atom. The van der Waals surface area contributed by atoms with E-state index in [-0.39, 0.29) is 23.9 Å². The van der Waals surface area contributed by atoms with Gasteiger partial charge in [-0.1, -0.05) is 6.92 Å². The van der Waals surface area contributed by atoms with E-state index in [4.69, 9.17) is 5.73 Å². The maximum absolute atomic E-state index is 12.8. The topological polar surface area (TPSA) is 87.5 Å². The summed E-state index contributed by atoms with van der Waals surface area (Å²) in [6.45, 7) is 4.44. The quantitative estimate of drug-likeness (QED) is 0.702. The number of nitrogens with zero attached hydrogens (tertiary/aromatic N) is 1. The van der Waals surface area contributed by atoms with Crippen molar-refractivity contribution in [3.05, 3.63) is 0 Å². The molecule has 136 valence electrons. The lowest BCUT2D eigenvalue weighted by Crippen LogP contribution is -2.52. The van der Waals surface area contributed by atoms with E-state index in [1.807, 2.05) is 4.90 Å². The molecule has 6 heteroatoms. The van der Waals surface area contributed by atoms with Gasteiger partial charge in [-0.3, -0.25) is 9.59 Å². The van der Waals surface area contributed by atoms with Crippen LogP contribution in [0.1, 0.15) is 51.9 Å². The Labute approximate surface area is 144 Å². The summed E-state index contributed by atoms with van der Waals surface area (Å²) in [4.78, 5) is 27.2. The van der Waals surface area contributed by atoms with Gasteiger partial charge in [0.05, 0.1) is 6.04 Å². The van der Waals surface area contributed by atoms with E-state index in [2.05, 4.69) is 17.6 Å². The fraction of sp³-hybridized carbons (Fsp3) is 0.889. The molecule has 3 rings (SSSR count). The summed E-state index contributed by atoms with van der Waals surface area (Å²) in [5.41, 5.74) is 5.94. The third-order valence-electron chi connectivity index (χ3n) is 6.09. The number of carbonyl (C=O) groups excluding carboxylic acids is 2. The minimum Gasteiger partial charge on any atom is -0.354 e. The molecule has 2 saturated heterocycles. The first-order chi connectivity index (χ1) is 11.6. The van der Waals surface area contributed by atoms with Gasteiger partial charge in [-0.25, -0.2) is 0 Å². The average Bonchev–Trinajstić information content (AvgIpc) is 3.22. The average molecular weight is 336 g/mol. The maximum atomic E-state index is 12.8. The molecule has 0 radical (unpaired) electrons. The van der Waals surface area contributed by atoms with Crippen LogP contribution in [0.5, 0.6) is 0 Å². The highest BCUT2D eigenvalue weighted by Gasteiger charge is 2.40. The summed E-state index contributed by atoms with van der Waals surface area (Å²) in [5, 5.41) is 6.40. The Hall–Kier alpha value is -1.14. The van der Waals surface area contributed by atoms with Crippen LogP contribution in [0.3, 0.4) is 0 Å². The second kappa shape index (κ2) is 7.83. The van der Waals surface area contributed by atoms with Gasteiger partial charge in [0.15, 0.2) is 0 Å². The molecule has 3 atom stereocenters. The van der Waals surface area contributed by atoms with Crippen molar-refractivity contribution in [2.45, 2.75) is 70.0 Å². The Balaban J connectivity index is 1.51. The second-order valence-corrected chi connectivity index (χ2v) is 7.91. The lowest BCUT2D eigenvalue weighted by atomic mass is 9.86. The molecular formula is C18H32N4O2. The standard InChI is InChI=1S/C18H32N4O2/c1-12-8-9-20-16(12)18(24)22-10-2-3-15(22)17(23)21-11-13-4-6-14(19)7-5-13/h12-16,20H,2-11,19H2,1H3,(H,21,23)/t12-,13?,14?,15+,16-/m1/s1. The van der Waals surface area contributed by atoms with E-state index in [9.17, 15) is 9.59 Å². The number of likely N-dealkylation sites (tertiary alicyclic amines) is 1. The highest BCUT2D eigenvalue weighted by Crippen LogP contribution is 2.25. The van der Waals surface area contributed by atoms with Crippen LogP contribution in [0, 0.1) is 11.8 Å². The molecule has 0 spiro atoms. The van der Waals surface area contributed by atoms with E-state index in [0.717, 1.165) is 58.0 Å². The monoisotopic (exact) mass is 336 g/mol. The number of amides is 2. The summed E-state index contributed by atoms with van der Waals surface area (Å²) >= 11 is 0. The fourth-order valence-electron chi connectivity index (χ4n) is 4.40. The maximum Gasteiger partial charge on any atom is 0.242 e. The van der Waals surface area contributed by atoms with Gasteiger partial charge in [-0.2, -0.15) is 0 Å². The van der Waals surface area contributed by atoms with E-state index in [1.165, 1.54) is 0 Å². The first kappa shape index (κ1) is 17.7. The van der Waals surface area contributed by atoms with Crippen molar-refractivity contribution in [3.8, 4) is 0 Å². The summed E-state index contributed by atoms with van der Waals surface area (Å²) in [7, 11) is 0. The van der Waals surface area contributed by atoms with E-state index in [0.29, 0.717) is 24.4 Å². The molecule has 1 saturated carbocycles. The van der Waals surface area contributed by atoms with Crippen molar-refractivity contribution in [3.63, 3.8) is 0 Å². The predicted octanol–water partition coefficient (Wildman–Crippen LogP) is 0.609. The van der Waals surface area contributed by atoms with Crippen molar-refractivity contribution >= 4 is 11.8 Å². The molecule has 1 aliphatic carbocycles. The highest BCUT2D eigenvalue weighted by atomic mass is 16.2. The van der Waals surface area contributed by atoms with Gasteiger partial charge in [-0.15, -0.1) is 0 Å². The molecule has 6 nitrogen and oxygen atoms in total. The SMILES string of the molecule is C[C@@H]1CCN[C@H]1C(=O)N1CCC[C@H]1C(=O)NCC1CCC(N)CC1. The predicted molar refractivity (Wildman–Crippen MR) is 93.2 cm³/mol. The largest absolute Gasteiger partial charge is 0.354 e. The third-order valence-corrected chi connectivity index (χ3v) is 6.09. The van der Waals surface area contributed by atoms with Gasteiger partial charge >= 0.3 is 0 Å². The van der Waals surface area contributed by atoms with Gasteiger partial charge in [-0.05, 0) is 63.3 Å². The molecule has 2 heterocycles. The van der Waals surface area contributed by atoms with Gasteiger partial charge in [0, 0.05) is 19.1 Å². The van der Waals surface area contributed by atoms with Crippen molar-refractivity contribution in [2.24, 2.45) is 17.6 Å². The van der Waals surface area contributed by atoms with Crippen LogP contribution in [0.15, 0.2) is 0 Å². The Morgan fingerprint density at radius 3 is 2.58 bits per heavy atom. The zero-order chi connectivity index (χ0) is 17.1. The van der Waals surface area contributed by atoms with Crippen molar-refractivity contribution < 1.29 is 9.59 Å². The molecule has 0 bridgehead atoms. The van der Waals surface area contributed by atoms with E-state index >= 15 is 0 Å². The molecule has 0 unspecified atom stereocenters. The van der Waals surface area contributed by atoms with Crippen LogP contribution in [0.2, 0.25) is 0 Å². The van der Waals surface area contributed by atoms with E-state index < -0.39 is 0 Å². The minimum absolute atomic E-state index is 0.0290. The minimum atomic E-state index is -0.280. The van der Waals surface area contributed by atoms with Crippen LogP contribution >= 0.6 is 0 Å². The molecule has 0 aromatic heterocycles. The number of rotatable bonds is 4. The van der Waals surface area contributed by atoms with Gasteiger partial charge in [0.2, 0.25) is 11.8 Å². The second-order valence-electron chi connectivity index (χ2n) is 7.91. The van der Waals surface area contributed by atoms with Crippen molar-refractivity contribution in [1.29, 1.82) is 0 Å². The van der Waals surface area contributed by atoms with Crippen molar-refractivity contribution in [2.75, 3.05) is 19.6 Å². The van der Waals surface area contributed by atoms with Gasteiger partial charge in [0.25, 0.3) is 0 Å². The smallest absolute Gasteiger partial charge is 0.242 e. The lowest BCUT2D eigenvalue weighted by molar-refractivity contribution is -0.140. The molecule has 24 heavy (non-hydrogen) atoms. The molecule has 3 fully saturated rings. The number of nitrogens with two attached hydrogens (primary N) is 1. The van der Waals surface area contributed by atoms with Crippen LogP contribution in [-0.2, 0) is 9.59 Å². The Bertz CT molecular complexity index is 462. The van der Waals surface area contributed by atoms with Crippen LogP contribution in [0.25, 0.3) is 0 Å². The summed E-state index contributed by atoms with van der Waals surface area (Å²) in [6, 6.07) is -0.0584. The van der Waals surface area contributed by atoms with Gasteiger partial charge < -0.3 is 21.3 Å². The molecule has 0 aromatic carbocycles. The Morgan fingerprint density at radius 1 is 1.17 bits per heavy atom. The van der Waals surface area contributed by atoms with Crippen LogP contribution in [-0.4, -0.2) is 54.5 Å². The Kier molecular flexibility index (Phi) is 5.76. The lowest BCUT2D eigenvalue weighted by Gasteiger charge is -2.30. The molecule has 2 aliphatic heterocycles. The molecule has 4 N–H and O–H groups in total. The number of carbonyl (C=O) groups is 2. The first-order valence-corrected chi connectivity index (χ1v) is 9.63. The van der Waals surface area contributed by atoms with E-state index in [1.54, 1.807) is 0 Å². The number of hydrogen-bond acceptors (Lipinski definition) is 4. The zero-order valence-corrected chi connectivity index (χ0v) is 14.8. The number of hydrogen-bond donors (Lipinski definition) is 3. The van der Waals surface area contributed by atoms with Gasteiger partial charge in [0.1, 0.15) is 6.04 Å². The van der Waals surface area contributed by atoms with Crippen LogP contribution in [0.4, 0.5) is 0 Å². The summed E-state index contributed by atoms with van der Waals surface area (Å²) < 4.78 is 0. The normalized spacial score (nSPS) is 36.8.